The number of hydrogen-bond acceptors (Lipinski definition) is 1. The molecule has 1 nitrogen and oxygen atoms in total. The molecule has 1 aromatic rings. The summed E-state index contributed by atoms with van der Waals surface area (Å²) < 4.78 is 0. The summed E-state index contributed by atoms with van der Waals surface area (Å²) in [7, 11) is 0. The van der Waals surface area contributed by atoms with Gasteiger partial charge in [0.05, 0.1) is 0 Å². The number of nitrogens with one attached hydrogen (secondary N) is 1. The number of benzene rings is 1. The van der Waals surface area contributed by atoms with Gasteiger partial charge >= 0.3 is 0 Å². The van der Waals surface area contributed by atoms with Gasteiger partial charge in [0.25, 0.3) is 0 Å². The molecule has 0 amide bonds. The molecule has 1 aliphatic carbocycles. The lowest BCUT2D eigenvalue weighted by atomic mass is 9.81. The average molecular weight is 280 g/mol. The van der Waals surface area contributed by atoms with Crippen LogP contribution in [0.3, 0.4) is 0 Å². The lowest BCUT2D eigenvalue weighted by molar-refractivity contribution is 0.267. The van der Waals surface area contributed by atoms with Crippen molar-refractivity contribution in [1.82, 2.24) is 5.32 Å². The quantitative estimate of drug-likeness (QED) is 0.786. The predicted molar refractivity (Wildman–Crippen MR) is 83.8 cm³/mol. The molecular formula is C17H26ClN. The molecule has 1 atom stereocenters. The first kappa shape index (κ1) is 14.9. The Balaban J connectivity index is 1.97. The Labute approximate surface area is 122 Å². The second kappa shape index (κ2) is 7.91. The summed E-state index contributed by atoms with van der Waals surface area (Å²) in [6.45, 7) is 3.38. The van der Waals surface area contributed by atoms with Gasteiger partial charge in [0.2, 0.25) is 0 Å². The highest BCUT2D eigenvalue weighted by molar-refractivity contribution is 6.30. The summed E-state index contributed by atoms with van der Waals surface area (Å²) >= 11 is 5.96. The van der Waals surface area contributed by atoms with Crippen LogP contribution in [0.2, 0.25) is 5.02 Å². The van der Waals surface area contributed by atoms with E-state index in [1.807, 2.05) is 12.1 Å². The minimum atomic E-state index is 0.640. The molecule has 19 heavy (non-hydrogen) atoms. The van der Waals surface area contributed by atoms with Crippen molar-refractivity contribution in [3.63, 3.8) is 0 Å². The summed E-state index contributed by atoms with van der Waals surface area (Å²) in [5.41, 5.74) is 1.41. The monoisotopic (exact) mass is 279 g/mol. The first-order valence-electron chi connectivity index (χ1n) is 7.77. The summed E-state index contributed by atoms with van der Waals surface area (Å²) in [5, 5.41) is 4.60. The summed E-state index contributed by atoms with van der Waals surface area (Å²) in [5.74, 6) is 0.857. The van der Waals surface area contributed by atoms with E-state index < -0.39 is 0 Å². The van der Waals surface area contributed by atoms with E-state index in [0.29, 0.717) is 6.04 Å². The minimum Gasteiger partial charge on any atom is -0.313 e. The van der Waals surface area contributed by atoms with Gasteiger partial charge in [-0.15, -0.1) is 0 Å². The van der Waals surface area contributed by atoms with E-state index >= 15 is 0 Å². The fourth-order valence-electron chi connectivity index (χ4n) is 3.15. The van der Waals surface area contributed by atoms with Crippen LogP contribution in [0.4, 0.5) is 0 Å². The SMILES string of the molecule is CCCNC(Cc1ccc(Cl)cc1)C1CCCCC1. The van der Waals surface area contributed by atoms with Gasteiger partial charge in [0.15, 0.2) is 0 Å². The molecule has 106 valence electrons. The van der Waals surface area contributed by atoms with Crippen molar-refractivity contribution < 1.29 is 0 Å². The van der Waals surface area contributed by atoms with E-state index in [0.717, 1.165) is 23.9 Å². The first-order chi connectivity index (χ1) is 9.29. The Morgan fingerprint density at radius 2 is 1.84 bits per heavy atom. The molecule has 1 fully saturated rings. The highest BCUT2D eigenvalue weighted by atomic mass is 35.5. The van der Waals surface area contributed by atoms with Crippen LogP contribution in [0, 0.1) is 5.92 Å². The zero-order valence-corrected chi connectivity index (χ0v) is 12.8. The zero-order valence-electron chi connectivity index (χ0n) is 12.0. The van der Waals surface area contributed by atoms with E-state index in [2.05, 4.69) is 24.4 Å². The molecule has 1 saturated carbocycles. The summed E-state index contributed by atoms with van der Waals surface area (Å²) in [6.07, 6.45) is 9.40. The molecule has 0 bridgehead atoms. The fourth-order valence-corrected chi connectivity index (χ4v) is 3.27. The molecule has 0 aliphatic heterocycles. The third kappa shape index (κ3) is 4.81. The molecule has 0 radical (unpaired) electrons. The Bertz CT molecular complexity index is 354. The van der Waals surface area contributed by atoms with Gasteiger partial charge in [-0.2, -0.15) is 0 Å². The van der Waals surface area contributed by atoms with Gasteiger partial charge in [-0.25, -0.2) is 0 Å². The van der Waals surface area contributed by atoms with Crippen molar-refractivity contribution in [2.24, 2.45) is 5.92 Å². The third-order valence-electron chi connectivity index (χ3n) is 4.24. The molecule has 1 N–H and O–H groups in total. The van der Waals surface area contributed by atoms with E-state index in [9.17, 15) is 0 Å². The lowest BCUT2D eigenvalue weighted by Crippen LogP contribution is -2.39. The van der Waals surface area contributed by atoms with Crippen LogP contribution >= 0.6 is 11.6 Å². The Kier molecular flexibility index (Phi) is 6.19. The maximum atomic E-state index is 5.96. The molecule has 1 aromatic carbocycles. The molecular weight excluding hydrogens is 254 g/mol. The molecule has 1 unspecified atom stereocenters. The van der Waals surface area contributed by atoms with Gasteiger partial charge in [-0.1, -0.05) is 49.9 Å². The van der Waals surface area contributed by atoms with Crippen LogP contribution in [0.1, 0.15) is 51.0 Å². The Hall–Kier alpha value is -0.530. The van der Waals surface area contributed by atoms with Gasteiger partial charge in [-0.05, 0) is 55.8 Å². The Morgan fingerprint density at radius 3 is 2.47 bits per heavy atom. The van der Waals surface area contributed by atoms with Crippen molar-refractivity contribution in [3.05, 3.63) is 34.9 Å². The van der Waals surface area contributed by atoms with Gasteiger partial charge in [0, 0.05) is 11.1 Å². The number of halogens is 1. The topological polar surface area (TPSA) is 12.0 Å². The van der Waals surface area contributed by atoms with Crippen LogP contribution in [0.25, 0.3) is 0 Å². The van der Waals surface area contributed by atoms with E-state index in [1.54, 1.807) is 0 Å². The average Bonchev–Trinajstić information content (AvgIpc) is 2.46. The van der Waals surface area contributed by atoms with Crippen molar-refractivity contribution in [2.45, 2.75) is 57.9 Å². The third-order valence-corrected chi connectivity index (χ3v) is 4.50. The molecule has 0 spiro atoms. The second-order valence-electron chi connectivity index (χ2n) is 5.79. The standard InChI is InChI=1S/C17H26ClN/c1-2-12-19-17(15-6-4-3-5-7-15)13-14-8-10-16(18)11-9-14/h8-11,15,17,19H,2-7,12-13H2,1H3. The van der Waals surface area contributed by atoms with Crippen molar-refractivity contribution in [3.8, 4) is 0 Å². The van der Waals surface area contributed by atoms with Crippen molar-refractivity contribution in [1.29, 1.82) is 0 Å². The molecule has 0 aromatic heterocycles. The lowest BCUT2D eigenvalue weighted by Gasteiger charge is -2.31. The molecule has 1 aliphatic rings. The van der Waals surface area contributed by atoms with Crippen molar-refractivity contribution >= 4 is 11.6 Å². The molecule has 0 saturated heterocycles. The highest BCUT2D eigenvalue weighted by Crippen LogP contribution is 2.28. The molecule has 2 rings (SSSR count). The van der Waals surface area contributed by atoms with Gasteiger partial charge < -0.3 is 5.32 Å². The minimum absolute atomic E-state index is 0.640. The van der Waals surface area contributed by atoms with Gasteiger partial charge in [0.1, 0.15) is 0 Å². The van der Waals surface area contributed by atoms with Crippen LogP contribution < -0.4 is 5.32 Å². The van der Waals surface area contributed by atoms with Gasteiger partial charge in [-0.3, -0.25) is 0 Å². The van der Waals surface area contributed by atoms with E-state index in [-0.39, 0.29) is 0 Å². The maximum absolute atomic E-state index is 5.96. The van der Waals surface area contributed by atoms with E-state index in [4.69, 9.17) is 11.6 Å². The normalized spacial score (nSPS) is 18.4. The smallest absolute Gasteiger partial charge is 0.0406 e. The van der Waals surface area contributed by atoms with Crippen LogP contribution in [-0.4, -0.2) is 12.6 Å². The van der Waals surface area contributed by atoms with Crippen LogP contribution in [-0.2, 0) is 6.42 Å². The zero-order chi connectivity index (χ0) is 13.5. The largest absolute Gasteiger partial charge is 0.313 e. The maximum Gasteiger partial charge on any atom is 0.0406 e. The fraction of sp³-hybridized carbons (Fsp3) is 0.647. The second-order valence-corrected chi connectivity index (χ2v) is 6.23. The predicted octanol–water partition coefficient (Wildman–Crippen LogP) is 4.83. The Morgan fingerprint density at radius 1 is 1.16 bits per heavy atom. The molecule has 0 heterocycles. The number of hydrogen-bond donors (Lipinski definition) is 1. The summed E-state index contributed by atoms with van der Waals surface area (Å²) in [6, 6.07) is 9.00. The molecule has 2 heteroatoms. The van der Waals surface area contributed by atoms with Crippen LogP contribution in [0.5, 0.6) is 0 Å². The number of rotatable bonds is 6. The highest BCUT2D eigenvalue weighted by Gasteiger charge is 2.23. The van der Waals surface area contributed by atoms with Crippen molar-refractivity contribution in [2.75, 3.05) is 6.54 Å². The summed E-state index contributed by atoms with van der Waals surface area (Å²) in [4.78, 5) is 0. The van der Waals surface area contributed by atoms with Crippen LogP contribution in [0.15, 0.2) is 24.3 Å². The van der Waals surface area contributed by atoms with E-state index in [1.165, 1.54) is 44.1 Å². The first-order valence-corrected chi connectivity index (χ1v) is 8.15.